The first kappa shape index (κ1) is 21.3. The van der Waals surface area contributed by atoms with E-state index in [0.717, 1.165) is 0 Å². The van der Waals surface area contributed by atoms with Crippen molar-refractivity contribution in [1.29, 1.82) is 0 Å². The van der Waals surface area contributed by atoms with E-state index in [0.29, 0.717) is 33.9 Å². The second-order valence-corrected chi connectivity index (χ2v) is 6.55. The lowest BCUT2D eigenvalue weighted by molar-refractivity contribution is -0.138. The lowest BCUT2D eigenvalue weighted by Crippen LogP contribution is -2.29. The monoisotopic (exact) mass is 434 g/mol. The fourth-order valence-electron chi connectivity index (χ4n) is 2.45. The van der Waals surface area contributed by atoms with Crippen molar-refractivity contribution in [3.05, 3.63) is 87.8 Å². The van der Waals surface area contributed by atoms with Gasteiger partial charge in [-0.25, -0.2) is 0 Å². The van der Waals surface area contributed by atoms with Crippen molar-refractivity contribution in [2.24, 2.45) is 10.2 Å². The third kappa shape index (κ3) is 5.54. The van der Waals surface area contributed by atoms with Gasteiger partial charge in [-0.15, -0.1) is 0 Å². The van der Waals surface area contributed by atoms with Crippen LogP contribution in [0.25, 0.3) is 0 Å². The van der Waals surface area contributed by atoms with Gasteiger partial charge in [0.25, 0.3) is 5.56 Å². The van der Waals surface area contributed by atoms with Gasteiger partial charge in [-0.2, -0.15) is 23.4 Å². The molecule has 30 heavy (non-hydrogen) atoms. The Morgan fingerprint density at radius 2 is 1.60 bits per heavy atom. The molecule has 0 aliphatic heterocycles. The minimum atomic E-state index is -4.69. The molecule has 3 rings (SSSR count). The molecule has 6 nitrogen and oxygen atoms in total. The second kappa shape index (κ2) is 8.91. The van der Waals surface area contributed by atoms with Gasteiger partial charge in [-0.1, -0.05) is 29.8 Å². The van der Waals surface area contributed by atoms with Gasteiger partial charge in [0, 0.05) is 11.9 Å². The molecule has 0 aliphatic carbocycles. The molecule has 1 aromatic heterocycles. The zero-order valence-electron chi connectivity index (χ0n) is 15.2. The number of pyridine rings is 1. The predicted octanol–water partition coefficient (Wildman–Crippen LogP) is 5.57. The van der Waals surface area contributed by atoms with E-state index in [1.54, 1.807) is 36.4 Å². The number of benzene rings is 2. The highest BCUT2D eigenvalue weighted by molar-refractivity contribution is 6.30. The summed E-state index contributed by atoms with van der Waals surface area (Å²) in [5, 5.41) is 10.0. The number of nitrogens with zero attached hydrogens (tertiary/aromatic N) is 3. The summed E-state index contributed by atoms with van der Waals surface area (Å²) in [7, 11) is 0. The number of nitrogens with one attached hydrogen (secondary N) is 1. The van der Waals surface area contributed by atoms with Gasteiger partial charge in [-0.05, 0) is 42.5 Å². The smallest absolute Gasteiger partial charge is 0.325 e. The van der Waals surface area contributed by atoms with Crippen LogP contribution < -0.4 is 10.9 Å². The largest absolute Gasteiger partial charge is 0.417 e. The summed E-state index contributed by atoms with van der Waals surface area (Å²) in [5.41, 5.74) is -0.410. The lowest BCUT2D eigenvalue weighted by atomic mass is 10.2. The lowest BCUT2D eigenvalue weighted by Gasteiger charge is -2.12. The summed E-state index contributed by atoms with van der Waals surface area (Å²) in [4.78, 5) is 24.1. The summed E-state index contributed by atoms with van der Waals surface area (Å²) >= 11 is 5.58. The van der Waals surface area contributed by atoms with E-state index >= 15 is 0 Å². The van der Waals surface area contributed by atoms with Crippen LogP contribution in [0.5, 0.6) is 0 Å². The topological polar surface area (TPSA) is 75.8 Å². The standard InChI is InChI=1S/C20H14ClF3N4O2/c21-17-10-13(20(22,23)24)11-28(19(17)30)12-18(29)25-14-6-8-16(9-7-14)27-26-15-4-2-1-3-5-15/h1-11H,12H2,(H,25,29). The van der Waals surface area contributed by atoms with Crippen LogP contribution in [0.4, 0.5) is 30.2 Å². The highest BCUT2D eigenvalue weighted by atomic mass is 35.5. The van der Waals surface area contributed by atoms with Crippen molar-refractivity contribution in [2.45, 2.75) is 12.7 Å². The van der Waals surface area contributed by atoms with Gasteiger partial charge >= 0.3 is 6.18 Å². The zero-order valence-corrected chi connectivity index (χ0v) is 16.0. The summed E-state index contributed by atoms with van der Waals surface area (Å²) < 4.78 is 39.3. The van der Waals surface area contributed by atoms with E-state index in [2.05, 4.69) is 15.5 Å². The quantitative estimate of drug-likeness (QED) is 0.532. The molecule has 1 N–H and O–H groups in total. The van der Waals surface area contributed by atoms with E-state index in [4.69, 9.17) is 11.6 Å². The third-order valence-electron chi connectivity index (χ3n) is 3.87. The molecule has 1 amide bonds. The maximum atomic E-state index is 12.9. The molecule has 10 heteroatoms. The Labute approximate surface area is 173 Å². The number of hydrogen-bond acceptors (Lipinski definition) is 4. The number of azo groups is 1. The fourth-order valence-corrected chi connectivity index (χ4v) is 2.67. The Balaban J connectivity index is 1.68. The molecule has 0 saturated heterocycles. The van der Waals surface area contributed by atoms with E-state index in [9.17, 15) is 22.8 Å². The third-order valence-corrected chi connectivity index (χ3v) is 4.14. The van der Waals surface area contributed by atoms with Crippen LogP contribution in [0.1, 0.15) is 5.56 Å². The van der Waals surface area contributed by atoms with Gasteiger partial charge in [0.1, 0.15) is 11.6 Å². The Bertz CT molecular complexity index is 1130. The van der Waals surface area contributed by atoms with Crippen LogP contribution >= 0.6 is 11.6 Å². The van der Waals surface area contributed by atoms with Crippen molar-refractivity contribution < 1.29 is 18.0 Å². The summed E-state index contributed by atoms with van der Waals surface area (Å²) in [6, 6.07) is 16.0. The maximum absolute atomic E-state index is 12.9. The van der Waals surface area contributed by atoms with Gasteiger partial charge in [0.05, 0.1) is 16.9 Å². The number of halogens is 4. The van der Waals surface area contributed by atoms with Crippen LogP contribution in [-0.2, 0) is 17.5 Å². The molecule has 0 bridgehead atoms. The Kier molecular flexibility index (Phi) is 6.31. The van der Waals surface area contributed by atoms with Crippen LogP contribution in [0.3, 0.4) is 0 Å². The molecule has 0 aliphatic rings. The SMILES string of the molecule is O=C(Cn1cc(C(F)(F)F)cc(Cl)c1=O)Nc1ccc(N=Nc2ccccc2)cc1. The summed E-state index contributed by atoms with van der Waals surface area (Å²) in [5.74, 6) is -0.689. The van der Waals surface area contributed by atoms with Crippen molar-refractivity contribution in [3.8, 4) is 0 Å². The molecule has 0 saturated carbocycles. The van der Waals surface area contributed by atoms with Crippen LogP contribution in [0.2, 0.25) is 5.02 Å². The average molecular weight is 435 g/mol. The van der Waals surface area contributed by atoms with E-state index < -0.39 is 34.8 Å². The Morgan fingerprint density at radius 1 is 1.00 bits per heavy atom. The number of rotatable bonds is 5. The molecule has 0 fully saturated rings. The molecule has 2 aromatic carbocycles. The van der Waals surface area contributed by atoms with Gasteiger partial charge in [-0.3, -0.25) is 9.59 Å². The molecule has 1 heterocycles. The number of hydrogen-bond donors (Lipinski definition) is 1. The Morgan fingerprint density at radius 3 is 2.20 bits per heavy atom. The van der Waals surface area contributed by atoms with E-state index in [1.165, 1.54) is 0 Å². The van der Waals surface area contributed by atoms with Crippen molar-refractivity contribution in [1.82, 2.24) is 4.57 Å². The molecule has 0 radical (unpaired) electrons. The predicted molar refractivity (Wildman–Crippen MR) is 106 cm³/mol. The number of anilines is 1. The molecule has 0 spiro atoms. The number of carbonyl (C=O) groups is 1. The van der Waals surface area contributed by atoms with Gasteiger partial charge < -0.3 is 9.88 Å². The summed E-state index contributed by atoms with van der Waals surface area (Å²) in [6.45, 7) is -0.627. The minimum absolute atomic E-state index is 0.379. The highest BCUT2D eigenvalue weighted by Crippen LogP contribution is 2.29. The van der Waals surface area contributed by atoms with Crippen LogP contribution in [-0.4, -0.2) is 10.5 Å². The van der Waals surface area contributed by atoms with Crippen LogP contribution in [0, 0.1) is 0 Å². The second-order valence-electron chi connectivity index (χ2n) is 6.14. The fraction of sp³-hybridized carbons (Fsp3) is 0.100. The molecule has 3 aromatic rings. The summed E-state index contributed by atoms with van der Waals surface area (Å²) in [6.07, 6.45) is -4.14. The molecule has 0 unspecified atom stereocenters. The molecule has 0 atom stereocenters. The van der Waals surface area contributed by atoms with Crippen LogP contribution in [0.15, 0.2) is 81.9 Å². The first-order valence-corrected chi connectivity index (χ1v) is 8.94. The number of alkyl halides is 3. The molecular weight excluding hydrogens is 421 g/mol. The van der Waals surface area contributed by atoms with Gasteiger partial charge in [0.15, 0.2) is 0 Å². The Hall–Kier alpha value is -3.46. The number of amides is 1. The minimum Gasteiger partial charge on any atom is -0.325 e. The van der Waals surface area contributed by atoms with E-state index in [-0.39, 0.29) is 0 Å². The number of aromatic nitrogens is 1. The van der Waals surface area contributed by atoms with E-state index in [1.807, 2.05) is 18.2 Å². The normalized spacial score (nSPS) is 11.6. The highest BCUT2D eigenvalue weighted by Gasteiger charge is 2.32. The first-order valence-electron chi connectivity index (χ1n) is 8.56. The average Bonchev–Trinajstić information content (AvgIpc) is 2.70. The van der Waals surface area contributed by atoms with Crippen molar-refractivity contribution >= 4 is 34.6 Å². The zero-order chi connectivity index (χ0) is 21.7. The number of carbonyl (C=O) groups excluding carboxylic acids is 1. The first-order chi connectivity index (χ1) is 14.2. The van der Waals surface area contributed by atoms with Crippen molar-refractivity contribution in [3.63, 3.8) is 0 Å². The molecule has 154 valence electrons. The van der Waals surface area contributed by atoms with Gasteiger partial charge in [0.2, 0.25) is 5.91 Å². The molecular formula is C20H14ClF3N4O2. The maximum Gasteiger partial charge on any atom is 0.417 e. The van der Waals surface area contributed by atoms with Crippen molar-refractivity contribution in [2.75, 3.05) is 5.32 Å².